The Morgan fingerprint density at radius 2 is 1.80 bits per heavy atom. The molecule has 0 aliphatic heterocycles. The van der Waals surface area contributed by atoms with Crippen LogP contribution in [0.2, 0.25) is 6.82 Å². The molecule has 0 N–H and O–H groups in total. The molecule has 0 fully saturated rings. The molecule has 3 aromatic carbocycles. The van der Waals surface area contributed by atoms with E-state index in [9.17, 15) is 4.79 Å². The SMILES string of the molecule is CBn1c(C(=O)OCc2ccccc2)nc2c3ccccc3ccc21. The fourth-order valence-electron chi connectivity index (χ4n) is 3.12. The highest BCUT2D eigenvalue weighted by Crippen LogP contribution is 2.25. The van der Waals surface area contributed by atoms with E-state index in [1.54, 1.807) is 0 Å². The van der Waals surface area contributed by atoms with Crippen molar-refractivity contribution < 1.29 is 9.53 Å². The molecule has 1 heterocycles. The van der Waals surface area contributed by atoms with E-state index < -0.39 is 5.97 Å². The predicted octanol–water partition coefficient (Wildman–Crippen LogP) is 3.79. The van der Waals surface area contributed by atoms with E-state index >= 15 is 0 Å². The molecular weight excluding hydrogens is 311 g/mol. The predicted molar refractivity (Wildman–Crippen MR) is 101 cm³/mol. The third kappa shape index (κ3) is 2.78. The highest BCUT2D eigenvalue weighted by atomic mass is 16.5. The monoisotopic (exact) mass is 328 g/mol. The molecule has 0 saturated carbocycles. The van der Waals surface area contributed by atoms with Crippen molar-refractivity contribution in [3.05, 3.63) is 78.1 Å². The maximum absolute atomic E-state index is 12.6. The molecule has 5 heteroatoms. The van der Waals surface area contributed by atoms with Gasteiger partial charge in [0, 0.05) is 5.39 Å². The largest absolute Gasteiger partial charge is 0.455 e. The molecular formula is C20H17BN2O2. The van der Waals surface area contributed by atoms with Crippen LogP contribution in [-0.2, 0) is 11.3 Å². The lowest BCUT2D eigenvalue weighted by atomic mass is 9.98. The summed E-state index contributed by atoms with van der Waals surface area (Å²) in [5, 5.41) is 2.16. The van der Waals surface area contributed by atoms with Gasteiger partial charge in [-0.2, -0.15) is 0 Å². The molecule has 25 heavy (non-hydrogen) atoms. The number of rotatable bonds is 4. The number of carbonyl (C=O) groups is 1. The molecule has 0 aliphatic carbocycles. The molecule has 0 aliphatic rings. The third-order valence-electron chi connectivity index (χ3n) is 4.36. The van der Waals surface area contributed by atoms with E-state index in [-0.39, 0.29) is 6.61 Å². The van der Waals surface area contributed by atoms with E-state index in [1.807, 2.05) is 72.0 Å². The molecule has 122 valence electrons. The van der Waals surface area contributed by atoms with E-state index in [4.69, 9.17) is 4.74 Å². The first-order chi connectivity index (χ1) is 12.3. The topological polar surface area (TPSA) is 44.1 Å². The molecule has 0 saturated heterocycles. The van der Waals surface area contributed by atoms with Crippen molar-refractivity contribution in [2.45, 2.75) is 13.4 Å². The lowest BCUT2D eigenvalue weighted by molar-refractivity contribution is 0.0458. The van der Waals surface area contributed by atoms with Crippen LogP contribution >= 0.6 is 0 Å². The van der Waals surface area contributed by atoms with Crippen LogP contribution in [-0.4, -0.2) is 22.8 Å². The van der Waals surface area contributed by atoms with Gasteiger partial charge >= 0.3 is 5.97 Å². The molecule has 4 rings (SSSR count). The Morgan fingerprint density at radius 1 is 1.04 bits per heavy atom. The van der Waals surface area contributed by atoms with Gasteiger partial charge in [0.25, 0.3) is 0 Å². The van der Waals surface area contributed by atoms with Gasteiger partial charge in [-0.15, -0.1) is 0 Å². The van der Waals surface area contributed by atoms with Gasteiger partial charge in [0.05, 0.1) is 11.0 Å². The van der Waals surface area contributed by atoms with Crippen LogP contribution in [0.1, 0.15) is 16.2 Å². The summed E-state index contributed by atoms with van der Waals surface area (Å²) < 4.78 is 7.39. The van der Waals surface area contributed by atoms with E-state index in [1.165, 1.54) is 0 Å². The molecule has 1 aromatic heterocycles. The summed E-state index contributed by atoms with van der Waals surface area (Å²) in [6, 6.07) is 21.8. The summed E-state index contributed by atoms with van der Waals surface area (Å²) in [4.78, 5) is 17.2. The number of carbonyl (C=O) groups excluding carboxylic acids is 1. The summed E-state index contributed by atoms with van der Waals surface area (Å²) in [5.74, 6) is -0.0456. The minimum absolute atomic E-state index is 0.243. The molecule has 0 radical (unpaired) electrons. The number of nitrogens with zero attached hydrogens (tertiary/aromatic N) is 2. The van der Waals surface area contributed by atoms with Gasteiger partial charge in [0.2, 0.25) is 13.2 Å². The number of hydrogen-bond donors (Lipinski definition) is 0. The molecule has 0 spiro atoms. The minimum atomic E-state index is -0.397. The number of fused-ring (bicyclic) bond motifs is 3. The first-order valence-corrected chi connectivity index (χ1v) is 8.37. The second-order valence-electron chi connectivity index (χ2n) is 5.90. The number of aromatic nitrogens is 2. The Morgan fingerprint density at radius 3 is 2.60 bits per heavy atom. The van der Waals surface area contributed by atoms with Crippen LogP contribution in [0.3, 0.4) is 0 Å². The first-order valence-electron chi connectivity index (χ1n) is 8.37. The minimum Gasteiger partial charge on any atom is -0.455 e. The maximum Gasteiger partial charge on any atom is 0.373 e. The van der Waals surface area contributed by atoms with Gasteiger partial charge in [-0.25, -0.2) is 9.78 Å². The quantitative estimate of drug-likeness (QED) is 0.423. The van der Waals surface area contributed by atoms with Crippen molar-refractivity contribution in [1.82, 2.24) is 9.46 Å². The normalized spacial score (nSPS) is 10.9. The van der Waals surface area contributed by atoms with Gasteiger partial charge in [-0.05, 0) is 17.0 Å². The van der Waals surface area contributed by atoms with Gasteiger partial charge < -0.3 is 9.21 Å². The molecule has 4 nitrogen and oxygen atoms in total. The summed E-state index contributed by atoms with van der Waals surface area (Å²) in [5.41, 5.74) is 2.75. The standard InChI is InChI=1S/C20H17BN2O2/c1-21-23-17-12-11-15-9-5-6-10-16(15)18(17)22-19(23)20(24)25-13-14-7-3-2-4-8-14/h2-12,21H,13H2,1H3. The van der Waals surface area contributed by atoms with Crippen LogP contribution in [0.5, 0.6) is 0 Å². The van der Waals surface area contributed by atoms with E-state index in [0.29, 0.717) is 13.2 Å². The van der Waals surface area contributed by atoms with Crippen LogP contribution in [0, 0.1) is 0 Å². The van der Waals surface area contributed by atoms with Crippen LogP contribution < -0.4 is 0 Å². The summed E-state index contributed by atoms with van der Waals surface area (Å²) >= 11 is 0. The van der Waals surface area contributed by atoms with Gasteiger partial charge in [-0.1, -0.05) is 67.5 Å². The van der Waals surface area contributed by atoms with E-state index in [0.717, 1.165) is 27.4 Å². The van der Waals surface area contributed by atoms with Gasteiger partial charge in [0.1, 0.15) is 6.61 Å². The highest BCUT2D eigenvalue weighted by Gasteiger charge is 2.19. The summed E-state index contributed by atoms with van der Waals surface area (Å²) in [7, 11) is 0.657. The summed E-state index contributed by atoms with van der Waals surface area (Å²) in [6.45, 7) is 2.25. The Balaban J connectivity index is 1.73. The average Bonchev–Trinajstić information content (AvgIpc) is 3.06. The number of ether oxygens (including phenoxy) is 1. The molecule has 0 amide bonds. The van der Waals surface area contributed by atoms with Crippen molar-refractivity contribution >= 4 is 35.2 Å². The fraction of sp³-hybridized carbons (Fsp3) is 0.100. The average molecular weight is 328 g/mol. The zero-order chi connectivity index (χ0) is 17.2. The van der Waals surface area contributed by atoms with Crippen LogP contribution in [0.4, 0.5) is 0 Å². The highest BCUT2D eigenvalue weighted by molar-refractivity contribution is 6.35. The van der Waals surface area contributed by atoms with Crippen LogP contribution in [0.25, 0.3) is 21.8 Å². The number of hydrogen-bond acceptors (Lipinski definition) is 3. The zero-order valence-corrected chi connectivity index (χ0v) is 14.0. The van der Waals surface area contributed by atoms with E-state index in [2.05, 4.69) is 11.1 Å². The molecule has 4 aromatic rings. The lowest BCUT2D eigenvalue weighted by Gasteiger charge is -2.06. The molecule has 0 unspecified atom stereocenters. The van der Waals surface area contributed by atoms with Crippen molar-refractivity contribution in [3.8, 4) is 0 Å². The third-order valence-corrected chi connectivity index (χ3v) is 4.36. The Hall–Kier alpha value is -3.08. The van der Waals surface area contributed by atoms with Gasteiger partial charge in [0.15, 0.2) is 0 Å². The Kier molecular flexibility index (Phi) is 3.98. The molecule has 0 bridgehead atoms. The summed E-state index contributed by atoms with van der Waals surface area (Å²) in [6.07, 6.45) is 0. The maximum atomic E-state index is 12.6. The number of imidazole rings is 1. The van der Waals surface area contributed by atoms with Crippen molar-refractivity contribution in [2.24, 2.45) is 0 Å². The van der Waals surface area contributed by atoms with Gasteiger partial charge in [-0.3, -0.25) is 0 Å². The van der Waals surface area contributed by atoms with Crippen molar-refractivity contribution in [3.63, 3.8) is 0 Å². The fourth-order valence-corrected chi connectivity index (χ4v) is 3.12. The smallest absolute Gasteiger partial charge is 0.373 e. The van der Waals surface area contributed by atoms with Crippen molar-refractivity contribution in [2.75, 3.05) is 0 Å². The second-order valence-corrected chi connectivity index (χ2v) is 5.90. The number of benzene rings is 3. The second kappa shape index (κ2) is 6.44. The Labute approximate surface area is 146 Å². The number of esters is 1. The van der Waals surface area contributed by atoms with Crippen LogP contribution in [0.15, 0.2) is 66.7 Å². The Bertz CT molecular complexity index is 1060. The first kappa shape index (κ1) is 15.5. The zero-order valence-electron chi connectivity index (χ0n) is 14.0. The van der Waals surface area contributed by atoms with Crippen molar-refractivity contribution in [1.29, 1.82) is 0 Å². The molecule has 0 atom stereocenters. The lowest BCUT2D eigenvalue weighted by Crippen LogP contribution is -2.15.